The molecular weight excluding hydrogens is 446 g/mol. The zero-order valence-electron chi connectivity index (χ0n) is 18.8. The van der Waals surface area contributed by atoms with Crippen molar-refractivity contribution in [2.45, 2.75) is 18.9 Å². The van der Waals surface area contributed by atoms with Crippen LogP contribution >= 0.6 is 0 Å². The Morgan fingerprint density at radius 1 is 1.00 bits per heavy atom. The van der Waals surface area contributed by atoms with E-state index in [9.17, 15) is 14.7 Å². The van der Waals surface area contributed by atoms with Gasteiger partial charge in [-0.15, -0.1) is 10.2 Å². The van der Waals surface area contributed by atoms with E-state index >= 15 is 0 Å². The average Bonchev–Trinajstić information content (AvgIpc) is 3.36. The molecule has 35 heavy (non-hydrogen) atoms. The Balaban J connectivity index is 1.13. The van der Waals surface area contributed by atoms with E-state index < -0.39 is 5.97 Å². The van der Waals surface area contributed by atoms with Gasteiger partial charge in [0.25, 0.3) is 0 Å². The van der Waals surface area contributed by atoms with Gasteiger partial charge in [-0.1, -0.05) is 41.6 Å². The summed E-state index contributed by atoms with van der Waals surface area (Å²) in [6.07, 6.45) is 4.38. The van der Waals surface area contributed by atoms with Crippen LogP contribution in [0, 0.1) is 0 Å². The maximum absolute atomic E-state index is 12.3. The van der Waals surface area contributed by atoms with Gasteiger partial charge in [0.15, 0.2) is 5.82 Å². The average molecular weight is 470 g/mol. The molecule has 176 valence electrons. The summed E-state index contributed by atoms with van der Waals surface area (Å²) < 4.78 is 1.46. The zero-order chi connectivity index (χ0) is 24.2. The maximum Gasteiger partial charge on any atom is 0.337 e. The van der Waals surface area contributed by atoms with Crippen LogP contribution in [0.1, 0.15) is 22.3 Å². The van der Waals surface area contributed by atoms with E-state index in [1.54, 1.807) is 30.6 Å². The predicted octanol–water partition coefficient (Wildman–Crippen LogP) is 2.36. The molecule has 0 bridgehead atoms. The van der Waals surface area contributed by atoms with Gasteiger partial charge in [-0.2, -0.15) is 5.10 Å². The quantitative estimate of drug-likeness (QED) is 0.403. The number of rotatable bonds is 8. The lowest BCUT2D eigenvalue weighted by atomic mass is 10.0. The SMILES string of the molecule is O=C(CCc1ccc(-c2cn(-c3ccccc3C(=O)O)nn2)cc1)NC1CN(c2cccnn2)C1. The Kier molecular flexibility index (Phi) is 6.16. The molecule has 1 saturated heterocycles. The molecule has 5 rings (SSSR count). The number of amides is 1. The first-order chi connectivity index (χ1) is 17.1. The Bertz CT molecular complexity index is 1330. The minimum atomic E-state index is -1.02. The van der Waals surface area contributed by atoms with Gasteiger partial charge >= 0.3 is 5.97 Å². The van der Waals surface area contributed by atoms with E-state index in [0.29, 0.717) is 24.2 Å². The predicted molar refractivity (Wildman–Crippen MR) is 128 cm³/mol. The number of carboxylic acid groups (broad SMARTS) is 1. The molecule has 10 heteroatoms. The molecule has 2 aromatic carbocycles. The number of carbonyl (C=O) groups is 2. The number of hydrogen-bond acceptors (Lipinski definition) is 7. The van der Waals surface area contributed by atoms with Gasteiger partial charge in [0.05, 0.1) is 23.5 Å². The molecule has 1 fully saturated rings. The number of anilines is 1. The standard InChI is InChI=1S/C25H23N7O3/c33-24(27-19-14-31(15-19)23-6-3-13-26-29-23)12-9-17-7-10-18(11-8-17)21-16-32(30-28-21)22-5-2-1-4-20(22)25(34)35/h1-8,10-11,13,16,19H,9,12,14-15H2,(H,27,33)(H,34,35). The van der Waals surface area contributed by atoms with Crippen molar-refractivity contribution in [1.82, 2.24) is 30.5 Å². The van der Waals surface area contributed by atoms with Crippen molar-refractivity contribution < 1.29 is 14.7 Å². The number of hydrogen-bond donors (Lipinski definition) is 2. The number of aromatic carboxylic acids is 1. The molecule has 0 radical (unpaired) electrons. The highest BCUT2D eigenvalue weighted by Crippen LogP contribution is 2.21. The van der Waals surface area contributed by atoms with E-state index in [1.807, 2.05) is 36.4 Å². The number of nitrogens with zero attached hydrogens (tertiary/aromatic N) is 6. The van der Waals surface area contributed by atoms with E-state index in [-0.39, 0.29) is 17.5 Å². The van der Waals surface area contributed by atoms with Crippen molar-refractivity contribution in [2.24, 2.45) is 0 Å². The topological polar surface area (TPSA) is 126 Å². The third kappa shape index (κ3) is 5.01. The van der Waals surface area contributed by atoms with Crippen LogP contribution in [0.5, 0.6) is 0 Å². The molecule has 4 aromatic rings. The number of carboxylic acids is 1. The molecule has 1 aliphatic rings. The highest BCUT2D eigenvalue weighted by atomic mass is 16.4. The van der Waals surface area contributed by atoms with Crippen molar-refractivity contribution in [3.8, 4) is 16.9 Å². The molecule has 2 N–H and O–H groups in total. The summed E-state index contributed by atoms with van der Waals surface area (Å²) in [6, 6.07) is 18.3. The maximum atomic E-state index is 12.3. The van der Waals surface area contributed by atoms with E-state index in [1.165, 1.54) is 10.7 Å². The number of aryl methyl sites for hydroxylation is 1. The summed E-state index contributed by atoms with van der Waals surface area (Å²) in [5, 5.41) is 28.7. The van der Waals surface area contributed by atoms with Crippen molar-refractivity contribution in [3.63, 3.8) is 0 Å². The lowest BCUT2D eigenvalue weighted by molar-refractivity contribution is -0.121. The number of nitrogens with one attached hydrogen (secondary N) is 1. The van der Waals surface area contributed by atoms with Crippen molar-refractivity contribution >= 4 is 17.7 Å². The van der Waals surface area contributed by atoms with Crippen LogP contribution in [0.25, 0.3) is 16.9 Å². The molecule has 0 spiro atoms. The molecule has 0 saturated carbocycles. The van der Waals surface area contributed by atoms with Gasteiger partial charge in [-0.05, 0) is 36.2 Å². The minimum Gasteiger partial charge on any atom is -0.478 e. The van der Waals surface area contributed by atoms with E-state index in [0.717, 1.165) is 30.0 Å². The van der Waals surface area contributed by atoms with Gasteiger partial charge in [-0.25, -0.2) is 9.48 Å². The molecule has 0 unspecified atom stereocenters. The highest BCUT2D eigenvalue weighted by Gasteiger charge is 2.28. The van der Waals surface area contributed by atoms with Gasteiger partial charge in [-0.3, -0.25) is 4.79 Å². The number of para-hydroxylation sites is 1. The van der Waals surface area contributed by atoms with Crippen LogP contribution in [0.4, 0.5) is 5.82 Å². The summed E-state index contributed by atoms with van der Waals surface area (Å²) in [4.78, 5) is 25.9. The third-order valence-corrected chi connectivity index (χ3v) is 5.89. The van der Waals surface area contributed by atoms with E-state index in [4.69, 9.17) is 0 Å². The summed E-state index contributed by atoms with van der Waals surface area (Å²) in [5.74, 6) is -0.173. The Hall–Kier alpha value is -4.60. The molecule has 0 atom stereocenters. The van der Waals surface area contributed by atoms with Crippen molar-refractivity contribution in [2.75, 3.05) is 18.0 Å². The largest absolute Gasteiger partial charge is 0.478 e. The van der Waals surface area contributed by atoms with Gasteiger partial charge in [0.2, 0.25) is 5.91 Å². The highest BCUT2D eigenvalue weighted by molar-refractivity contribution is 5.91. The molecule has 1 amide bonds. The first-order valence-electron chi connectivity index (χ1n) is 11.2. The summed E-state index contributed by atoms with van der Waals surface area (Å²) in [6.45, 7) is 1.47. The Labute approximate surface area is 201 Å². The lowest BCUT2D eigenvalue weighted by Crippen LogP contribution is -2.59. The lowest BCUT2D eigenvalue weighted by Gasteiger charge is -2.40. The normalized spacial score (nSPS) is 13.3. The van der Waals surface area contributed by atoms with Crippen LogP contribution in [-0.4, -0.2) is 61.3 Å². The summed E-state index contributed by atoms with van der Waals surface area (Å²) in [5.41, 5.74) is 3.14. The first kappa shape index (κ1) is 22.2. The van der Waals surface area contributed by atoms with Crippen LogP contribution in [0.15, 0.2) is 73.1 Å². The first-order valence-corrected chi connectivity index (χ1v) is 11.2. The molecule has 0 aliphatic carbocycles. The van der Waals surface area contributed by atoms with Crippen molar-refractivity contribution in [3.05, 3.63) is 84.2 Å². The number of benzene rings is 2. The summed E-state index contributed by atoms with van der Waals surface area (Å²) >= 11 is 0. The monoisotopic (exact) mass is 469 g/mol. The second-order valence-corrected chi connectivity index (χ2v) is 8.32. The molecular formula is C25H23N7O3. The van der Waals surface area contributed by atoms with Crippen molar-refractivity contribution in [1.29, 1.82) is 0 Å². The van der Waals surface area contributed by atoms with E-state index in [2.05, 4.69) is 30.7 Å². The van der Waals surface area contributed by atoms with Gasteiger partial charge < -0.3 is 15.3 Å². The van der Waals surface area contributed by atoms with Gasteiger partial charge in [0.1, 0.15) is 5.69 Å². The molecule has 1 aliphatic heterocycles. The number of carbonyl (C=O) groups excluding carboxylic acids is 1. The third-order valence-electron chi connectivity index (χ3n) is 5.89. The smallest absolute Gasteiger partial charge is 0.337 e. The second-order valence-electron chi connectivity index (χ2n) is 8.32. The zero-order valence-corrected chi connectivity index (χ0v) is 18.8. The fourth-order valence-electron chi connectivity index (χ4n) is 3.99. The molecule has 3 heterocycles. The van der Waals surface area contributed by atoms with Crippen LogP contribution < -0.4 is 10.2 Å². The van der Waals surface area contributed by atoms with Crippen LogP contribution in [0.3, 0.4) is 0 Å². The fraction of sp³-hybridized carbons (Fsp3) is 0.200. The number of aromatic nitrogens is 5. The molecule has 10 nitrogen and oxygen atoms in total. The fourth-order valence-corrected chi connectivity index (χ4v) is 3.99. The molecule has 2 aromatic heterocycles. The Morgan fingerprint density at radius 2 is 1.80 bits per heavy atom. The van der Waals surface area contributed by atoms with Crippen LogP contribution in [-0.2, 0) is 11.2 Å². The summed E-state index contributed by atoms with van der Waals surface area (Å²) in [7, 11) is 0. The van der Waals surface area contributed by atoms with Crippen LogP contribution in [0.2, 0.25) is 0 Å². The van der Waals surface area contributed by atoms with Gasteiger partial charge in [0, 0.05) is 31.3 Å². The Morgan fingerprint density at radius 3 is 2.54 bits per heavy atom. The second kappa shape index (κ2) is 9.72. The minimum absolute atomic E-state index is 0.0258.